The van der Waals surface area contributed by atoms with Crippen LogP contribution < -0.4 is 0 Å². The van der Waals surface area contributed by atoms with Crippen LogP contribution in [0.25, 0.3) is 0 Å². The number of amides is 1. The van der Waals surface area contributed by atoms with E-state index >= 15 is 0 Å². The molecule has 1 aromatic heterocycles. The number of hydrogen-bond donors (Lipinski definition) is 0. The maximum absolute atomic E-state index is 12.2. The van der Waals surface area contributed by atoms with Crippen LogP contribution in [0.3, 0.4) is 0 Å². The predicted octanol–water partition coefficient (Wildman–Crippen LogP) is 2.16. The van der Waals surface area contributed by atoms with E-state index in [9.17, 15) is 4.79 Å². The first-order chi connectivity index (χ1) is 9.83. The average Bonchev–Trinajstić information content (AvgIpc) is 3.01. The monoisotopic (exact) mass is 293 g/mol. The Kier molecular flexibility index (Phi) is 4.68. The summed E-state index contributed by atoms with van der Waals surface area (Å²) in [5.74, 6) is 0.244. The van der Waals surface area contributed by atoms with Crippen LogP contribution in [0.15, 0.2) is 10.9 Å². The highest BCUT2D eigenvalue weighted by atomic mass is 32.1. The van der Waals surface area contributed by atoms with E-state index in [0.717, 1.165) is 31.6 Å². The molecule has 1 aromatic rings. The summed E-state index contributed by atoms with van der Waals surface area (Å²) in [6, 6.07) is 0.707. The second kappa shape index (κ2) is 6.68. The molecule has 2 saturated heterocycles. The van der Waals surface area contributed by atoms with Crippen LogP contribution in [-0.4, -0.2) is 52.9 Å². The highest BCUT2D eigenvalue weighted by Crippen LogP contribution is 2.21. The molecule has 2 fully saturated rings. The molecule has 2 aliphatic heterocycles. The third-order valence-corrected chi connectivity index (χ3v) is 5.18. The lowest BCUT2D eigenvalue weighted by Crippen LogP contribution is -2.48. The normalized spacial score (nSPS) is 22.1. The first kappa shape index (κ1) is 14.0. The zero-order valence-electron chi connectivity index (χ0n) is 12.0. The lowest BCUT2D eigenvalue weighted by atomic mass is 9.99. The van der Waals surface area contributed by atoms with Crippen LogP contribution in [0.1, 0.15) is 37.8 Å². The van der Waals surface area contributed by atoms with Gasteiger partial charge in [-0.1, -0.05) is 6.42 Å². The van der Waals surface area contributed by atoms with E-state index in [2.05, 4.69) is 9.88 Å². The van der Waals surface area contributed by atoms with E-state index in [0.29, 0.717) is 12.5 Å². The molecule has 2 aliphatic rings. The van der Waals surface area contributed by atoms with E-state index in [1.165, 1.54) is 32.4 Å². The number of likely N-dealkylation sites (tertiary alicyclic amines) is 2. The number of aromatic nitrogens is 1. The predicted molar refractivity (Wildman–Crippen MR) is 80.8 cm³/mol. The van der Waals surface area contributed by atoms with Gasteiger partial charge in [-0.2, -0.15) is 0 Å². The molecule has 0 bridgehead atoms. The molecule has 1 amide bonds. The molecule has 0 spiro atoms. The lowest BCUT2D eigenvalue weighted by molar-refractivity contribution is -0.132. The van der Waals surface area contributed by atoms with Crippen molar-refractivity contribution in [1.82, 2.24) is 14.8 Å². The van der Waals surface area contributed by atoms with Gasteiger partial charge in [-0.25, -0.2) is 4.98 Å². The fraction of sp³-hybridized carbons (Fsp3) is 0.733. The third-order valence-electron chi connectivity index (χ3n) is 4.54. The Balaban J connectivity index is 1.46. The van der Waals surface area contributed by atoms with Gasteiger partial charge >= 0.3 is 0 Å². The summed E-state index contributed by atoms with van der Waals surface area (Å²) < 4.78 is 0. The molecular weight excluding hydrogens is 270 g/mol. The highest BCUT2D eigenvalue weighted by Gasteiger charge is 2.27. The molecule has 0 saturated carbocycles. The van der Waals surface area contributed by atoms with Gasteiger partial charge < -0.3 is 9.80 Å². The van der Waals surface area contributed by atoms with Gasteiger partial charge in [0, 0.05) is 24.5 Å². The SMILES string of the molecule is O=C(Cc1cscn1)N1CCC(N2CCCCC2)CC1. The van der Waals surface area contributed by atoms with E-state index in [1.54, 1.807) is 16.8 Å². The van der Waals surface area contributed by atoms with Crippen molar-refractivity contribution in [2.45, 2.75) is 44.6 Å². The van der Waals surface area contributed by atoms with Crippen LogP contribution in [0.2, 0.25) is 0 Å². The summed E-state index contributed by atoms with van der Waals surface area (Å²) >= 11 is 1.56. The van der Waals surface area contributed by atoms with Crippen molar-refractivity contribution in [2.75, 3.05) is 26.2 Å². The summed E-state index contributed by atoms with van der Waals surface area (Å²) in [6.45, 7) is 4.36. The Bertz CT molecular complexity index is 420. The first-order valence-electron chi connectivity index (χ1n) is 7.72. The van der Waals surface area contributed by atoms with Gasteiger partial charge in [0.2, 0.25) is 5.91 Å². The Morgan fingerprint density at radius 1 is 1.20 bits per heavy atom. The van der Waals surface area contributed by atoms with Crippen LogP contribution >= 0.6 is 11.3 Å². The Morgan fingerprint density at radius 3 is 2.60 bits per heavy atom. The number of piperidine rings is 2. The maximum atomic E-state index is 12.2. The third kappa shape index (κ3) is 3.38. The fourth-order valence-electron chi connectivity index (χ4n) is 3.36. The van der Waals surface area contributed by atoms with Crippen molar-refractivity contribution in [3.63, 3.8) is 0 Å². The summed E-state index contributed by atoms with van der Waals surface area (Å²) in [6.07, 6.45) is 6.84. The molecule has 0 atom stereocenters. The number of thiazole rings is 1. The fourth-order valence-corrected chi connectivity index (χ4v) is 3.91. The molecule has 5 heteroatoms. The van der Waals surface area contributed by atoms with Gasteiger partial charge in [-0.15, -0.1) is 11.3 Å². The molecule has 20 heavy (non-hydrogen) atoms. The van der Waals surface area contributed by atoms with Gasteiger partial charge in [0.25, 0.3) is 0 Å². The minimum atomic E-state index is 0.244. The summed E-state index contributed by atoms with van der Waals surface area (Å²) in [4.78, 5) is 21.1. The Morgan fingerprint density at radius 2 is 1.95 bits per heavy atom. The number of carbonyl (C=O) groups excluding carboxylic acids is 1. The van der Waals surface area contributed by atoms with Crippen molar-refractivity contribution in [3.8, 4) is 0 Å². The molecule has 0 N–H and O–H groups in total. The van der Waals surface area contributed by atoms with E-state index in [-0.39, 0.29) is 5.91 Å². The van der Waals surface area contributed by atoms with E-state index in [1.807, 2.05) is 10.3 Å². The van der Waals surface area contributed by atoms with E-state index in [4.69, 9.17) is 0 Å². The van der Waals surface area contributed by atoms with Crippen molar-refractivity contribution < 1.29 is 4.79 Å². The minimum Gasteiger partial charge on any atom is -0.342 e. The van der Waals surface area contributed by atoms with Crippen molar-refractivity contribution in [2.24, 2.45) is 0 Å². The molecule has 4 nitrogen and oxygen atoms in total. The molecule has 3 heterocycles. The van der Waals surface area contributed by atoms with Gasteiger partial charge in [0.05, 0.1) is 17.6 Å². The zero-order valence-corrected chi connectivity index (χ0v) is 12.8. The zero-order chi connectivity index (χ0) is 13.8. The standard InChI is InChI=1S/C15H23N3OS/c19-15(10-13-11-20-12-16-13)18-8-4-14(5-9-18)17-6-2-1-3-7-17/h11-12,14H,1-10H2. The second-order valence-electron chi connectivity index (χ2n) is 5.87. The molecule has 110 valence electrons. The summed E-state index contributed by atoms with van der Waals surface area (Å²) in [5, 5.41) is 1.97. The smallest absolute Gasteiger partial charge is 0.228 e. The first-order valence-corrected chi connectivity index (χ1v) is 8.66. The number of rotatable bonds is 3. The van der Waals surface area contributed by atoms with Crippen LogP contribution in [0.5, 0.6) is 0 Å². The van der Waals surface area contributed by atoms with E-state index < -0.39 is 0 Å². The molecular formula is C15H23N3OS. The van der Waals surface area contributed by atoms with Crippen molar-refractivity contribution in [3.05, 3.63) is 16.6 Å². The molecule has 3 rings (SSSR count). The average molecular weight is 293 g/mol. The van der Waals surface area contributed by atoms with Crippen molar-refractivity contribution >= 4 is 17.2 Å². The summed E-state index contributed by atoms with van der Waals surface area (Å²) in [5.41, 5.74) is 2.71. The van der Waals surface area contributed by atoms with Crippen LogP contribution in [-0.2, 0) is 11.2 Å². The number of hydrogen-bond acceptors (Lipinski definition) is 4. The van der Waals surface area contributed by atoms with Crippen LogP contribution in [0.4, 0.5) is 0 Å². The maximum Gasteiger partial charge on any atom is 0.228 e. The molecule has 0 unspecified atom stereocenters. The second-order valence-corrected chi connectivity index (χ2v) is 6.58. The Hall–Kier alpha value is -0.940. The largest absolute Gasteiger partial charge is 0.342 e. The molecule has 0 radical (unpaired) electrons. The Labute approximate surface area is 124 Å². The topological polar surface area (TPSA) is 36.4 Å². The number of nitrogens with zero attached hydrogens (tertiary/aromatic N) is 3. The van der Waals surface area contributed by atoms with Crippen LogP contribution in [0, 0.1) is 0 Å². The molecule has 0 aromatic carbocycles. The summed E-state index contributed by atoms with van der Waals surface area (Å²) in [7, 11) is 0. The van der Waals surface area contributed by atoms with Gasteiger partial charge in [-0.3, -0.25) is 4.79 Å². The van der Waals surface area contributed by atoms with Gasteiger partial charge in [-0.05, 0) is 38.8 Å². The van der Waals surface area contributed by atoms with Gasteiger partial charge in [0.1, 0.15) is 0 Å². The number of carbonyl (C=O) groups is 1. The highest BCUT2D eigenvalue weighted by molar-refractivity contribution is 7.07. The quantitative estimate of drug-likeness (QED) is 0.857. The lowest BCUT2D eigenvalue weighted by Gasteiger charge is -2.40. The van der Waals surface area contributed by atoms with Crippen molar-refractivity contribution in [1.29, 1.82) is 0 Å². The molecule has 0 aliphatic carbocycles. The van der Waals surface area contributed by atoms with Gasteiger partial charge in [0.15, 0.2) is 0 Å². The minimum absolute atomic E-state index is 0.244.